The smallest absolute Gasteiger partial charge is 0.0949 e. The molecule has 0 amide bonds. The maximum Gasteiger partial charge on any atom is 0.0949 e. The fourth-order valence-electron chi connectivity index (χ4n) is 1.54. The molecular weight excluding hydrogens is 198 g/mol. The van der Waals surface area contributed by atoms with E-state index in [-0.39, 0.29) is 6.10 Å². The van der Waals surface area contributed by atoms with Gasteiger partial charge in [-0.2, -0.15) is 0 Å². The topological polar surface area (TPSA) is 21.3 Å². The van der Waals surface area contributed by atoms with Crippen molar-refractivity contribution in [3.8, 4) is 0 Å². The molecule has 0 aliphatic carbocycles. The average Bonchev–Trinajstić information content (AvgIpc) is 2.30. The molecule has 1 atom stereocenters. The van der Waals surface area contributed by atoms with Crippen LogP contribution in [-0.4, -0.2) is 19.2 Å². The van der Waals surface area contributed by atoms with Crippen LogP contribution in [0.15, 0.2) is 30.3 Å². The summed E-state index contributed by atoms with van der Waals surface area (Å²) in [6.45, 7) is 8.14. The van der Waals surface area contributed by atoms with Gasteiger partial charge in [0, 0.05) is 19.2 Å². The lowest BCUT2D eigenvalue weighted by Gasteiger charge is -2.20. The van der Waals surface area contributed by atoms with E-state index in [1.165, 1.54) is 5.56 Å². The van der Waals surface area contributed by atoms with E-state index < -0.39 is 0 Å². The summed E-state index contributed by atoms with van der Waals surface area (Å²) in [6.07, 6.45) is 1.23. The van der Waals surface area contributed by atoms with Gasteiger partial charge < -0.3 is 10.1 Å². The van der Waals surface area contributed by atoms with E-state index in [4.69, 9.17) is 4.74 Å². The molecule has 1 rings (SSSR count). The summed E-state index contributed by atoms with van der Waals surface area (Å²) in [5.74, 6) is 0. The highest BCUT2D eigenvalue weighted by Gasteiger charge is 2.11. The monoisotopic (exact) mass is 221 g/mol. The molecule has 0 saturated carbocycles. The van der Waals surface area contributed by atoms with Gasteiger partial charge in [0.25, 0.3) is 0 Å². The first-order chi connectivity index (χ1) is 7.74. The molecule has 0 aliphatic heterocycles. The number of benzene rings is 1. The molecule has 0 aliphatic rings. The van der Waals surface area contributed by atoms with Crippen LogP contribution in [0.25, 0.3) is 0 Å². The Morgan fingerprint density at radius 1 is 1.19 bits per heavy atom. The van der Waals surface area contributed by atoms with Crippen LogP contribution in [0.5, 0.6) is 0 Å². The van der Waals surface area contributed by atoms with Crippen molar-refractivity contribution < 1.29 is 4.74 Å². The molecule has 0 spiro atoms. The van der Waals surface area contributed by atoms with Crippen LogP contribution in [0.3, 0.4) is 0 Å². The minimum atomic E-state index is 0.170. The third-order valence-electron chi connectivity index (χ3n) is 2.41. The third kappa shape index (κ3) is 4.77. The zero-order valence-corrected chi connectivity index (χ0v) is 10.6. The van der Waals surface area contributed by atoms with Crippen LogP contribution in [0.2, 0.25) is 0 Å². The third-order valence-corrected chi connectivity index (χ3v) is 2.41. The average molecular weight is 221 g/mol. The summed E-state index contributed by atoms with van der Waals surface area (Å²) in [6, 6.07) is 10.9. The summed E-state index contributed by atoms with van der Waals surface area (Å²) in [5, 5.41) is 3.43. The lowest BCUT2D eigenvalue weighted by Crippen LogP contribution is -2.29. The zero-order chi connectivity index (χ0) is 11.8. The Bertz CT molecular complexity index is 271. The van der Waals surface area contributed by atoms with E-state index in [9.17, 15) is 0 Å². The number of hydrogen-bond acceptors (Lipinski definition) is 2. The predicted molar refractivity (Wildman–Crippen MR) is 68.6 cm³/mol. The van der Waals surface area contributed by atoms with E-state index in [0.717, 1.165) is 19.6 Å². The first-order valence-electron chi connectivity index (χ1n) is 6.14. The molecule has 0 fully saturated rings. The van der Waals surface area contributed by atoms with Crippen molar-refractivity contribution >= 4 is 0 Å². The Morgan fingerprint density at radius 2 is 1.88 bits per heavy atom. The number of nitrogens with one attached hydrogen (secondary N) is 1. The van der Waals surface area contributed by atoms with Crippen LogP contribution in [0.1, 0.15) is 38.9 Å². The van der Waals surface area contributed by atoms with Gasteiger partial charge in [-0.25, -0.2) is 0 Å². The molecule has 0 radical (unpaired) electrons. The van der Waals surface area contributed by atoms with Crippen LogP contribution >= 0.6 is 0 Å². The van der Waals surface area contributed by atoms with Gasteiger partial charge in [-0.1, -0.05) is 51.1 Å². The minimum Gasteiger partial charge on any atom is -0.372 e. The van der Waals surface area contributed by atoms with E-state index >= 15 is 0 Å². The highest BCUT2D eigenvalue weighted by Crippen LogP contribution is 2.16. The van der Waals surface area contributed by atoms with Crippen molar-refractivity contribution in [3.05, 3.63) is 35.9 Å². The van der Waals surface area contributed by atoms with Crippen LogP contribution in [0.4, 0.5) is 0 Å². The summed E-state index contributed by atoms with van der Waals surface area (Å²) in [5.41, 5.74) is 1.25. The van der Waals surface area contributed by atoms with Crippen molar-refractivity contribution in [1.29, 1.82) is 0 Å². The summed E-state index contributed by atoms with van der Waals surface area (Å²) >= 11 is 0. The van der Waals surface area contributed by atoms with Gasteiger partial charge in [0.2, 0.25) is 0 Å². The minimum absolute atomic E-state index is 0.170. The molecular formula is C14H23NO. The van der Waals surface area contributed by atoms with Gasteiger partial charge in [-0.15, -0.1) is 0 Å². The molecule has 1 N–H and O–H groups in total. The molecule has 90 valence electrons. The summed E-state index contributed by atoms with van der Waals surface area (Å²) in [4.78, 5) is 0. The second-order valence-corrected chi connectivity index (χ2v) is 4.33. The van der Waals surface area contributed by atoms with Crippen molar-refractivity contribution in [2.45, 2.75) is 39.3 Å². The standard InChI is InChI=1S/C14H23NO/c1-4-10-16-14(11-15-12(2)3)13-8-6-5-7-9-13/h5-9,12,14-15H,4,10-11H2,1-3H3. The Labute approximate surface area is 99.0 Å². The quantitative estimate of drug-likeness (QED) is 0.763. The first kappa shape index (κ1) is 13.2. The fraction of sp³-hybridized carbons (Fsp3) is 0.571. The Kier molecular flexibility index (Phi) is 6.12. The van der Waals surface area contributed by atoms with Gasteiger partial charge in [-0.05, 0) is 12.0 Å². The van der Waals surface area contributed by atoms with Gasteiger partial charge in [0.05, 0.1) is 6.10 Å². The Balaban J connectivity index is 2.56. The van der Waals surface area contributed by atoms with E-state index in [1.54, 1.807) is 0 Å². The van der Waals surface area contributed by atoms with Gasteiger partial charge in [0.1, 0.15) is 0 Å². The molecule has 0 aromatic heterocycles. The van der Waals surface area contributed by atoms with Gasteiger partial charge >= 0.3 is 0 Å². The summed E-state index contributed by atoms with van der Waals surface area (Å²) in [7, 11) is 0. The number of ether oxygens (including phenoxy) is 1. The van der Waals surface area contributed by atoms with E-state index in [1.807, 2.05) is 6.07 Å². The molecule has 0 saturated heterocycles. The SMILES string of the molecule is CCCOC(CNC(C)C)c1ccccc1. The molecule has 2 nitrogen and oxygen atoms in total. The molecule has 16 heavy (non-hydrogen) atoms. The highest BCUT2D eigenvalue weighted by atomic mass is 16.5. The lowest BCUT2D eigenvalue weighted by molar-refractivity contribution is 0.0517. The maximum absolute atomic E-state index is 5.87. The Morgan fingerprint density at radius 3 is 2.44 bits per heavy atom. The lowest BCUT2D eigenvalue weighted by atomic mass is 10.1. The molecule has 1 aromatic rings. The van der Waals surface area contributed by atoms with Crippen LogP contribution < -0.4 is 5.32 Å². The van der Waals surface area contributed by atoms with Crippen molar-refractivity contribution in [2.24, 2.45) is 0 Å². The van der Waals surface area contributed by atoms with Gasteiger partial charge in [-0.3, -0.25) is 0 Å². The van der Waals surface area contributed by atoms with Crippen molar-refractivity contribution in [3.63, 3.8) is 0 Å². The number of rotatable bonds is 7. The first-order valence-corrected chi connectivity index (χ1v) is 6.14. The second kappa shape index (κ2) is 7.42. The molecule has 0 bridgehead atoms. The van der Waals surface area contributed by atoms with Crippen molar-refractivity contribution in [2.75, 3.05) is 13.2 Å². The zero-order valence-electron chi connectivity index (χ0n) is 10.6. The maximum atomic E-state index is 5.87. The normalized spacial score (nSPS) is 13.0. The molecule has 1 unspecified atom stereocenters. The van der Waals surface area contributed by atoms with E-state index in [2.05, 4.69) is 50.4 Å². The largest absolute Gasteiger partial charge is 0.372 e. The van der Waals surface area contributed by atoms with Gasteiger partial charge in [0.15, 0.2) is 0 Å². The Hall–Kier alpha value is -0.860. The molecule has 2 heteroatoms. The van der Waals surface area contributed by atoms with Crippen LogP contribution in [0, 0.1) is 0 Å². The molecule has 1 aromatic carbocycles. The second-order valence-electron chi connectivity index (χ2n) is 4.33. The van der Waals surface area contributed by atoms with Crippen molar-refractivity contribution in [1.82, 2.24) is 5.32 Å². The number of hydrogen-bond donors (Lipinski definition) is 1. The fourth-order valence-corrected chi connectivity index (χ4v) is 1.54. The molecule has 0 heterocycles. The highest BCUT2D eigenvalue weighted by molar-refractivity contribution is 5.17. The van der Waals surface area contributed by atoms with E-state index in [0.29, 0.717) is 6.04 Å². The van der Waals surface area contributed by atoms with Crippen LogP contribution in [-0.2, 0) is 4.74 Å². The summed E-state index contributed by atoms with van der Waals surface area (Å²) < 4.78 is 5.87. The predicted octanol–water partition coefficient (Wildman–Crippen LogP) is 3.15.